The quantitative estimate of drug-likeness (QED) is 0.532. The van der Waals surface area contributed by atoms with Gasteiger partial charge in [0.25, 0.3) is 0 Å². The first-order valence-corrected chi connectivity index (χ1v) is 8.17. The Balaban J connectivity index is 1.88. The summed E-state index contributed by atoms with van der Waals surface area (Å²) in [5, 5.41) is 2.66. The van der Waals surface area contributed by atoms with Crippen LogP contribution in [0, 0.1) is 0 Å². The lowest BCUT2D eigenvalue weighted by atomic mass is 10.1. The molecule has 0 bridgehead atoms. The van der Waals surface area contributed by atoms with E-state index in [4.69, 9.17) is 4.74 Å². The molecule has 1 N–H and O–H groups in total. The molecule has 0 aliphatic rings. The van der Waals surface area contributed by atoms with Gasteiger partial charge in [-0.05, 0) is 36.4 Å². The van der Waals surface area contributed by atoms with Crippen molar-refractivity contribution in [2.24, 2.45) is 0 Å². The SMILES string of the molecule is C=CCN(S)C(=O)Nc1ccc2ncc(-c3ccc(OC)cc3)nc2n1. The number of carbonyl (C=O) groups is 1. The Morgan fingerprint density at radius 1 is 1.27 bits per heavy atom. The maximum absolute atomic E-state index is 12.0. The molecule has 132 valence electrons. The van der Waals surface area contributed by atoms with Gasteiger partial charge in [-0.1, -0.05) is 18.9 Å². The third kappa shape index (κ3) is 3.92. The summed E-state index contributed by atoms with van der Waals surface area (Å²) in [5.74, 6) is 1.13. The number of rotatable bonds is 5. The molecule has 3 aromatic rings. The summed E-state index contributed by atoms with van der Waals surface area (Å²) in [6.07, 6.45) is 3.26. The molecule has 2 amide bonds. The number of carbonyl (C=O) groups excluding carboxylic acids is 1. The number of fused-ring (bicyclic) bond motifs is 1. The third-order valence-electron chi connectivity index (χ3n) is 3.56. The fraction of sp³-hybridized carbons (Fsp3) is 0.111. The molecule has 0 aliphatic heterocycles. The number of thiol groups is 1. The van der Waals surface area contributed by atoms with Crippen molar-refractivity contribution in [3.63, 3.8) is 0 Å². The molecule has 2 heterocycles. The lowest BCUT2D eigenvalue weighted by molar-refractivity contribution is 0.241. The maximum Gasteiger partial charge on any atom is 0.333 e. The van der Waals surface area contributed by atoms with Crippen molar-refractivity contribution in [2.75, 3.05) is 19.0 Å². The first-order chi connectivity index (χ1) is 12.6. The fourth-order valence-corrected chi connectivity index (χ4v) is 2.41. The third-order valence-corrected chi connectivity index (χ3v) is 3.91. The van der Waals surface area contributed by atoms with Gasteiger partial charge in [0.05, 0.1) is 25.5 Å². The summed E-state index contributed by atoms with van der Waals surface area (Å²) >= 11 is 4.07. The average Bonchev–Trinajstić information content (AvgIpc) is 2.67. The van der Waals surface area contributed by atoms with E-state index in [1.807, 2.05) is 24.3 Å². The molecule has 3 rings (SSSR count). The second-order valence-corrected chi connectivity index (χ2v) is 5.81. The normalized spacial score (nSPS) is 10.4. The average molecular weight is 367 g/mol. The van der Waals surface area contributed by atoms with Gasteiger partial charge in [0.1, 0.15) is 17.1 Å². The van der Waals surface area contributed by atoms with Crippen LogP contribution in [0.2, 0.25) is 0 Å². The standard InChI is InChI=1S/C18H17N5O2S/c1-3-10-23(26)18(24)22-16-9-8-14-17(21-16)20-15(11-19-14)12-4-6-13(25-2)7-5-12/h3-9,11,26H,1,10H2,2H3,(H,20,21,22,24). The van der Waals surface area contributed by atoms with Crippen molar-refractivity contribution in [1.29, 1.82) is 0 Å². The minimum Gasteiger partial charge on any atom is -0.497 e. The lowest BCUT2D eigenvalue weighted by Gasteiger charge is -2.13. The van der Waals surface area contributed by atoms with E-state index >= 15 is 0 Å². The molecule has 0 saturated carbocycles. The minimum absolute atomic E-state index is 0.309. The van der Waals surface area contributed by atoms with Gasteiger partial charge in [0.2, 0.25) is 0 Å². The Labute approximate surface area is 156 Å². The topological polar surface area (TPSA) is 80.2 Å². The van der Waals surface area contributed by atoms with Crippen molar-refractivity contribution >= 4 is 35.8 Å². The van der Waals surface area contributed by atoms with E-state index < -0.39 is 6.03 Å². The first kappa shape index (κ1) is 17.7. The Bertz CT molecular complexity index is 946. The van der Waals surface area contributed by atoms with Crippen molar-refractivity contribution < 1.29 is 9.53 Å². The number of pyridine rings is 1. The maximum atomic E-state index is 12.0. The van der Waals surface area contributed by atoms with Gasteiger partial charge in [-0.25, -0.2) is 14.8 Å². The summed E-state index contributed by atoms with van der Waals surface area (Å²) in [4.78, 5) is 25.3. The predicted molar refractivity (Wildman–Crippen MR) is 104 cm³/mol. The van der Waals surface area contributed by atoms with Crippen molar-refractivity contribution in [2.45, 2.75) is 0 Å². The molecule has 8 heteroatoms. The first-order valence-electron chi connectivity index (χ1n) is 7.77. The number of nitrogens with one attached hydrogen (secondary N) is 1. The van der Waals surface area contributed by atoms with Gasteiger partial charge < -0.3 is 4.74 Å². The Kier molecular flexibility index (Phi) is 5.33. The van der Waals surface area contributed by atoms with Crippen LogP contribution in [0.15, 0.2) is 55.3 Å². The summed E-state index contributed by atoms with van der Waals surface area (Å²) in [6.45, 7) is 3.88. The molecule has 0 aliphatic carbocycles. The zero-order valence-electron chi connectivity index (χ0n) is 14.1. The molecular weight excluding hydrogens is 350 g/mol. The van der Waals surface area contributed by atoms with Crippen LogP contribution in [0.25, 0.3) is 22.4 Å². The molecule has 2 aromatic heterocycles. The van der Waals surface area contributed by atoms with Gasteiger partial charge in [-0.2, -0.15) is 0 Å². The van der Waals surface area contributed by atoms with E-state index in [0.29, 0.717) is 29.2 Å². The molecule has 7 nitrogen and oxygen atoms in total. The van der Waals surface area contributed by atoms with Crippen molar-refractivity contribution in [1.82, 2.24) is 19.3 Å². The smallest absolute Gasteiger partial charge is 0.333 e. The largest absolute Gasteiger partial charge is 0.497 e. The van der Waals surface area contributed by atoms with E-state index in [2.05, 4.69) is 39.7 Å². The molecule has 0 radical (unpaired) electrons. The zero-order valence-corrected chi connectivity index (χ0v) is 15.0. The molecule has 0 fully saturated rings. The Hall–Kier alpha value is -3.13. The Morgan fingerprint density at radius 3 is 2.73 bits per heavy atom. The molecule has 0 unspecified atom stereocenters. The summed E-state index contributed by atoms with van der Waals surface area (Å²) in [7, 11) is 1.62. The second kappa shape index (κ2) is 7.83. The number of methoxy groups -OCH3 is 1. The van der Waals surface area contributed by atoms with Gasteiger partial charge in [0, 0.05) is 5.56 Å². The number of aromatic nitrogens is 3. The van der Waals surface area contributed by atoms with Gasteiger partial charge in [0.15, 0.2) is 5.65 Å². The number of hydrogen-bond acceptors (Lipinski definition) is 6. The van der Waals surface area contributed by atoms with E-state index in [1.54, 1.807) is 31.5 Å². The van der Waals surface area contributed by atoms with Crippen LogP contribution in [0.4, 0.5) is 10.6 Å². The van der Waals surface area contributed by atoms with Crippen LogP contribution < -0.4 is 10.1 Å². The summed E-state index contributed by atoms with van der Waals surface area (Å²) < 4.78 is 6.35. The van der Waals surface area contributed by atoms with E-state index in [9.17, 15) is 4.79 Å². The van der Waals surface area contributed by atoms with E-state index in [0.717, 1.165) is 11.3 Å². The Morgan fingerprint density at radius 2 is 2.04 bits per heavy atom. The van der Waals surface area contributed by atoms with Gasteiger partial charge in [-0.15, -0.1) is 6.58 Å². The zero-order chi connectivity index (χ0) is 18.5. The molecule has 1 aromatic carbocycles. The van der Waals surface area contributed by atoms with Crippen LogP contribution in [0.5, 0.6) is 5.75 Å². The molecule has 26 heavy (non-hydrogen) atoms. The highest BCUT2D eigenvalue weighted by atomic mass is 32.1. The second-order valence-electron chi connectivity index (χ2n) is 5.32. The monoisotopic (exact) mass is 367 g/mol. The lowest BCUT2D eigenvalue weighted by Crippen LogP contribution is -2.27. The highest BCUT2D eigenvalue weighted by Gasteiger charge is 2.10. The number of nitrogens with zero attached hydrogens (tertiary/aromatic N) is 4. The number of ether oxygens (including phenoxy) is 1. The van der Waals surface area contributed by atoms with Crippen molar-refractivity contribution in [3.8, 4) is 17.0 Å². The highest BCUT2D eigenvalue weighted by molar-refractivity contribution is 7.78. The minimum atomic E-state index is -0.403. The summed E-state index contributed by atoms with van der Waals surface area (Å²) in [6, 6.07) is 10.5. The fourth-order valence-electron chi connectivity index (χ4n) is 2.25. The van der Waals surface area contributed by atoms with Gasteiger partial charge >= 0.3 is 6.03 Å². The molecular formula is C18H17N5O2S. The molecule has 0 saturated heterocycles. The van der Waals surface area contributed by atoms with Crippen LogP contribution in [0.3, 0.4) is 0 Å². The van der Waals surface area contributed by atoms with E-state index in [-0.39, 0.29) is 0 Å². The highest BCUT2D eigenvalue weighted by Crippen LogP contribution is 2.22. The number of benzene rings is 1. The van der Waals surface area contributed by atoms with Crippen LogP contribution in [0.1, 0.15) is 0 Å². The molecule has 0 atom stereocenters. The van der Waals surface area contributed by atoms with Crippen LogP contribution in [-0.2, 0) is 0 Å². The van der Waals surface area contributed by atoms with Crippen molar-refractivity contribution in [3.05, 3.63) is 55.3 Å². The van der Waals surface area contributed by atoms with E-state index in [1.165, 1.54) is 4.31 Å². The number of amides is 2. The number of urea groups is 1. The number of hydrogen-bond donors (Lipinski definition) is 2. The predicted octanol–water partition coefficient (Wildman–Crippen LogP) is 3.57. The summed E-state index contributed by atoms with van der Waals surface area (Å²) in [5.41, 5.74) is 2.64. The molecule has 0 spiro atoms. The number of anilines is 1. The van der Waals surface area contributed by atoms with Crippen LogP contribution in [-0.4, -0.2) is 38.9 Å². The van der Waals surface area contributed by atoms with Crippen LogP contribution >= 0.6 is 12.8 Å². The van der Waals surface area contributed by atoms with Gasteiger partial charge in [-0.3, -0.25) is 14.6 Å².